The first-order valence-corrected chi connectivity index (χ1v) is 11.3. The van der Waals surface area contributed by atoms with Crippen molar-refractivity contribution in [2.45, 2.75) is 37.6 Å². The topological polar surface area (TPSA) is 133 Å². The van der Waals surface area contributed by atoms with Gasteiger partial charge in [0.1, 0.15) is 12.2 Å². The molecule has 5 rings (SSSR count). The molecule has 1 aromatic carbocycles. The number of imidazole rings is 1. The monoisotopic (exact) mass is 465 g/mol. The normalized spacial score (nSPS) is 32.2. The summed E-state index contributed by atoms with van der Waals surface area (Å²) in [6, 6.07) is 9.10. The summed E-state index contributed by atoms with van der Waals surface area (Å²) >= 11 is 0. The van der Waals surface area contributed by atoms with Crippen molar-refractivity contribution in [3.8, 4) is 5.88 Å². The third kappa shape index (κ3) is 3.54. The van der Waals surface area contributed by atoms with Crippen molar-refractivity contribution >= 4 is 24.9 Å². The maximum absolute atomic E-state index is 16.1. The maximum atomic E-state index is 16.1. The third-order valence-electron chi connectivity index (χ3n) is 5.41. The van der Waals surface area contributed by atoms with Crippen LogP contribution < -0.4 is 10.5 Å². The molecule has 0 aliphatic carbocycles. The molecule has 2 fully saturated rings. The van der Waals surface area contributed by atoms with Gasteiger partial charge in [0.05, 0.1) is 26.7 Å². The largest absolute Gasteiger partial charge is 0.479 e. The second-order valence-corrected chi connectivity index (χ2v) is 9.24. The van der Waals surface area contributed by atoms with Crippen LogP contribution in [0.1, 0.15) is 18.7 Å². The van der Waals surface area contributed by atoms with Crippen LogP contribution in [0.25, 0.3) is 11.2 Å². The number of nitrogens with two attached hydrogens (primary N) is 1. The van der Waals surface area contributed by atoms with E-state index in [1.807, 2.05) is 18.2 Å². The Hall–Kier alpha value is -2.63. The molecular weight excluding hydrogens is 444 g/mol. The van der Waals surface area contributed by atoms with Crippen molar-refractivity contribution < 1.29 is 32.0 Å². The minimum atomic E-state index is -4.01. The lowest BCUT2D eigenvalue weighted by atomic mass is 9.98. The molecule has 2 N–H and O–H groups in total. The summed E-state index contributed by atoms with van der Waals surface area (Å²) in [6.45, 7) is 1.12. The molecule has 2 aliphatic heterocycles. The fraction of sp³-hybridized carbons (Fsp3) is 0.421. The number of methoxy groups -OCH3 is 1. The van der Waals surface area contributed by atoms with Crippen LogP contribution in [0.5, 0.6) is 5.88 Å². The van der Waals surface area contributed by atoms with Crippen LogP contribution in [0, 0.1) is 0 Å². The number of nitrogen functional groups attached to an aromatic ring is 1. The van der Waals surface area contributed by atoms with Crippen molar-refractivity contribution in [1.29, 1.82) is 0 Å². The fourth-order valence-electron chi connectivity index (χ4n) is 3.86. The number of phosphoric acid groups is 1. The highest BCUT2D eigenvalue weighted by atomic mass is 31.2. The minimum absolute atomic E-state index is 0.00899. The predicted molar refractivity (Wildman–Crippen MR) is 109 cm³/mol. The van der Waals surface area contributed by atoms with E-state index in [1.54, 1.807) is 12.1 Å². The Bertz CT molecular complexity index is 1190. The molecule has 5 atom stereocenters. The molecule has 0 spiro atoms. The number of fused-ring (bicyclic) bond motifs is 2. The number of benzene rings is 1. The van der Waals surface area contributed by atoms with Crippen molar-refractivity contribution in [3.05, 3.63) is 42.2 Å². The molecular formula is C19H21FN5O6P. The van der Waals surface area contributed by atoms with Gasteiger partial charge in [0.2, 0.25) is 11.8 Å². The van der Waals surface area contributed by atoms with Crippen molar-refractivity contribution in [2.75, 3.05) is 19.5 Å². The summed E-state index contributed by atoms with van der Waals surface area (Å²) < 4.78 is 57.8. The highest BCUT2D eigenvalue weighted by molar-refractivity contribution is 7.48. The third-order valence-corrected chi connectivity index (χ3v) is 6.80. The van der Waals surface area contributed by atoms with Gasteiger partial charge in [0.15, 0.2) is 23.1 Å². The molecule has 0 unspecified atom stereocenters. The highest BCUT2D eigenvalue weighted by Crippen LogP contribution is 2.60. The number of rotatable bonds is 5. The van der Waals surface area contributed by atoms with Gasteiger partial charge in [-0.05, 0) is 12.5 Å². The van der Waals surface area contributed by atoms with Crippen molar-refractivity contribution in [2.24, 2.45) is 0 Å². The first kappa shape index (κ1) is 21.2. The summed E-state index contributed by atoms with van der Waals surface area (Å²) in [4.78, 5) is 12.3. The molecule has 3 aromatic rings. The van der Waals surface area contributed by atoms with Gasteiger partial charge in [-0.15, -0.1) is 0 Å². The summed E-state index contributed by atoms with van der Waals surface area (Å²) in [5.41, 5.74) is 4.93. The van der Waals surface area contributed by atoms with E-state index >= 15 is 4.39 Å². The lowest BCUT2D eigenvalue weighted by Gasteiger charge is -2.33. The second-order valence-electron chi connectivity index (χ2n) is 7.62. The van der Waals surface area contributed by atoms with Crippen molar-refractivity contribution in [1.82, 2.24) is 19.5 Å². The van der Waals surface area contributed by atoms with Gasteiger partial charge < -0.3 is 15.2 Å². The smallest absolute Gasteiger partial charge is 0.475 e. The number of halogens is 1. The molecule has 0 bridgehead atoms. The van der Waals surface area contributed by atoms with Crippen LogP contribution in [-0.4, -0.2) is 51.1 Å². The van der Waals surface area contributed by atoms with Crippen LogP contribution in [0.3, 0.4) is 0 Å². The zero-order valence-corrected chi connectivity index (χ0v) is 18.1. The highest BCUT2D eigenvalue weighted by Gasteiger charge is 2.61. The van der Waals surface area contributed by atoms with Crippen LogP contribution in [0.15, 0.2) is 36.7 Å². The maximum Gasteiger partial charge on any atom is 0.475 e. The fourth-order valence-corrected chi connectivity index (χ4v) is 5.31. The average Bonchev–Trinajstić information content (AvgIpc) is 3.30. The number of nitrogens with zero attached hydrogens (tertiary/aromatic N) is 4. The summed E-state index contributed by atoms with van der Waals surface area (Å²) in [5.74, 6) is 0.0890. The van der Waals surface area contributed by atoms with Crippen LogP contribution in [0.2, 0.25) is 0 Å². The number of hydrogen-bond acceptors (Lipinski definition) is 10. The number of alkyl halides is 1. The van der Waals surface area contributed by atoms with Crippen LogP contribution >= 0.6 is 7.82 Å². The van der Waals surface area contributed by atoms with Crippen molar-refractivity contribution in [3.63, 3.8) is 0 Å². The Morgan fingerprint density at radius 3 is 2.88 bits per heavy atom. The summed E-state index contributed by atoms with van der Waals surface area (Å²) in [6.07, 6.45) is -1.88. The number of anilines is 1. The molecule has 0 radical (unpaired) electrons. The zero-order chi connectivity index (χ0) is 22.5. The van der Waals surface area contributed by atoms with Gasteiger partial charge in [0.25, 0.3) is 0 Å². The molecule has 4 heterocycles. The van der Waals surface area contributed by atoms with Crippen LogP contribution in [-0.2, 0) is 29.5 Å². The molecule has 2 saturated heterocycles. The van der Waals surface area contributed by atoms with E-state index in [9.17, 15) is 4.57 Å². The average molecular weight is 465 g/mol. The molecule has 0 amide bonds. The van der Waals surface area contributed by atoms with Gasteiger partial charge >= 0.3 is 7.82 Å². The summed E-state index contributed by atoms with van der Waals surface area (Å²) in [7, 11) is -2.60. The minimum Gasteiger partial charge on any atom is -0.479 e. The first-order chi connectivity index (χ1) is 15.3. The number of aromatic nitrogens is 4. The number of ether oxygens (including phenoxy) is 2. The zero-order valence-electron chi connectivity index (χ0n) is 17.3. The Balaban J connectivity index is 1.41. The van der Waals surface area contributed by atoms with Gasteiger partial charge in [0, 0.05) is 0 Å². The predicted octanol–water partition coefficient (Wildman–Crippen LogP) is 2.78. The molecule has 2 aliphatic rings. The SMILES string of the molecule is COc1nc(N)nc2c1ncn2[C@@H]1O[C@@H]2CO[P@](=O)(OCc3ccccc3)O[C@H]2[C@@]1(C)F. The van der Waals surface area contributed by atoms with Crippen LogP contribution in [0.4, 0.5) is 10.3 Å². The van der Waals surface area contributed by atoms with E-state index in [4.69, 9.17) is 28.8 Å². The van der Waals surface area contributed by atoms with Gasteiger partial charge in [-0.1, -0.05) is 30.3 Å². The number of hydrogen-bond donors (Lipinski definition) is 1. The number of phosphoric ester groups is 1. The van der Waals surface area contributed by atoms with Gasteiger partial charge in [-0.25, -0.2) is 13.9 Å². The van der Waals surface area contributed by atoms with Gasteiger partial charge in [-0.3, -0.25) is 18.1 Å². The Labute approximate surface area is 182 Å². The van der Waals surface area contributed by atoms with E-state index < -0.39 is 31.9 Å². The molecule has 13 heteroatoms. The Morgan fingerprint density at radius 2 is 2.12 bits per heavy atom. The Morgan fingerprint density at radius 1 is 1.34 bits per heavy atom. The molecule has 32 heavy (non-hydrogen) atoms. The molecule has 0 saturated carbocycles. The molecule has 170 valence electrons. The first-order valence-electron chi connectivity index (χ1n) is 9.80. The van der Waals surface area contributed by atoms with E-state index in [2.05, 4.69) is 15.0 Å². The lowest BCUT2D eigenvalue weighted by molar-refractivity contribution is -0.0714. The van der Waals surface area contributed by atoms with E-state index in [-0.39, 0.29) is 30.7 Å². The van der Waals surface area contributed by atoms with E-state index in [1.165, 1.54) is 24.9 Å². The standard InChI is InChI=1S/C19H21FN5O6P/c1-19(20)14-12(9-29-32(26,31-14)28-8-11-6-4-3-5-7-11)30-17(19)25-10-22-13-15(25)23-18(21)24-16(13)27-2/h3-7,10,12,14,17H,8-9H2,1-2H3,(H2,21,23,24)/t12-,14-,17-,19-,32+/m1/s1. The molecule has 11 nitrogen and oxygen atoms in total. The summed E-state index contributed by atoms with van der Waals surface area (Å²) in [5, 5.41) is 0. The Kier molecular flexibility index (Phi) is 5.14. The second kappa shape index (κ2) is 7.75. The van der Waals surface area contributed by atoms with E-state index in [0.717, 1.165) is 5.56 Å². The van der Waals surface area contributed by atoms with Gasteiger partial charge in [-0.2, -0.15) is 9.97 Å². The molecule has 2 aromatic heterocycles. The lowest BCUT2D eigenvalue weighted by Crippen LogP contribution is -2.44. The quantitative estimate of drug-likeness (QED) is 0.561. The van der Waals surface area contributed by atoms with E-state index in [0.29, 0.717) is 5.52 Å².